The number of aryl methyl sites for hydroxylation is 1. The molecule has 96 valence electrons. The van der Waals surface area contributed by atoms with Gasteiger partial charge in [-0.3, -0.25) is 0 Å². The van der Waals surface area contributed by atoms with Crippen LogP contribution in [-0.2, 0) is 4.74 Å². The third-order valence-corrected chi connectivity index (χ3v) is 2.92. The van der Waals surface area contributed by atoms with Crippen molar-refractivity contribution in [2.24, 2.45) is 0 Å². The van der Waals surface area contributed by atoms with E-state index in [-0.39, 0.29) is 0 Å². The fourth-order valence-electron chi connectivity index (χ4n) is 2.01. The molecule has 5 nitrogen and oxygen atoms in total. The first-order chi connectivity index (χ1) is 9.19. The standard InChI is InChI=1S/C14H12N2O3/c1-8-6-9(7-19-8)13-15-11-5-3-4-10(12(11)16-13)14(17)18-2/h3-7H,1-2H3,(H,15,16). The quantitative estimate of drug-likeness (QED) is 0.716. The lowest BCUT2D eigenvalue weighted by Crippen LogP contribution is -2.01. The van der Waals surface area contributed by atoms with E-state index in [0.29, 0.717) is 16.9 Å². The lowest BCUT2D eigenvalue weighted by molar-refractivity contribution is 0.0603. The molecular formula is C14H12N2O3. The van der Waals surface area contributed by atoms with E-state index >= 15 is 0 Å². The predicted octanol–water partition coefficient (Wildman–Crippen LogP) is 2.92. The zero-order valence-corrected chi connectivity index (χ0v) is 10.6. The van der Waals surface area contributed by atoms with Crippen LogP contribution in [0.2, 0.25) is 0 Å². The molecule has 19 heavy (non-hydrogen) atoms. The second-order valence-electron chi connectivity index (χ2n) is 4.22. The number of para-hydroxylation sites is 1. The Morgan fingerprint density at radius 1 is 1.42 bits per heavy atom. The van der Waals surface area contributed by atoms with E-state index in [2.05, 4.69) is 9.97 Å². The number of nitrogens with zero attached hydrogens (tertiary/aromatic N) is 1. The number of benzene rings is 1. The first-order valence-electron chi connectivity index (χ1n) is 5.81. The number of esters is 1. The first kappa shape index (κ1) is 11.5. The number of carbonyl (C=O) groups is 1. The van der Waals surface area contributed by atoms with Gasteiger partial charge in [-0.15, -0.1) is 0 Å². The zero-order valence-electron chi connectivity index (χ0n) is 10.6. The number of furan rings is 1. The molecule has 0 aliphatic carbocycles. The Hall–Kier alpha value is -2.56. The highest BCUT2D eigenvalue weighted by Gasteiger charge is 2.15. The molecule has 0 saturated heterocycles. The number of aromatic nitrogens is 2. The average molecular weight is 256 g/mol. The van der Waals surface area contributed by atoms with Crippen LogP contribution in [0.4, 0.5) is 0 Å². The number of carbonyl (C=O) groups excluding carboxylic acids is 1. The van der Waals surface area contributed by atoms with Crippen molar-refractivity contribution < 1.29 is 13.9 Å². The molecule has 1 N–H and O–H groups in total. The summed E-state index contributed by atoms with van der Waals surface area (Å²) in [4.78, 5) is 19.3. The van der Waals surface area contributed by atoms with Gasteiger partial charge in [0, 0.05) is 0 Å². The smallest absolute Gasteiger partial charge is 0.340 e. The summed E-state index contributed by atoms with van der Waals surface area (Å²) >= 11 is 0. The van der Waals surface area contributed by atoms with Gasteiger partial charge in [-0.25, -0.2) is 9.78 Å². The van der Waals surface area contributed by atoms with Gasteiger partial charge in [0.25, 0.3) is 0 Å². The van der Waals surface area contributed by atoms with Crippen molar-refractivity contribution in [3.05, 3.63) is 41.9 Å². The van der Waals surface area contributed by atoms with Crippen molar-refractivity contribution in [2.75, 3.05) is 7.11 Å². The molecule has 0 bridgehead atoms. The second-order valence-corrected chi connectivity index (χ2v) is 4.22. The first-order valence-corrected chi connectivity index (χ1v) is 5.81. The number of hydrogen-bond acceptors (Lipinski definition) is 4. The van der Waals surface area contributed by atoms with Crippen LogP contribution in [0.3, 0.4) is 0 Å². The lowest BCUT2D eigenvalue weighted by Gasteiger charge is -1.98. The molecule has 0 saturated carbocycles. The van der Waals surface area contributed by atoms with Crippen molar-refractivity contribution >= 4 is 17.0 Å². The van der Waals surface area contributed by atoms with E-state index in [1.807, 2.05) is 19.1 Å². The Balaban J connectivity index is 2.18. The summed E-state index contributed by atoms with van der Waals surface area (Å²) in [6, 6.07) is 7.23. The van der Waals surface area contributed by atoms with Crippen LogP contribution in [0, 0.1) is 6.92 Å². The van der Waals surface area contributed by atoms with Crippen LogP contribution in [0.5, 0.6) is 0 Å². The Labute approximate surface area is 109 Å². The fourth-order valence-corrected chi connectivity index (χ4v) is 2.01. The maximum Gasteiger partial charge on any atom is 0.340 e. The number of imidazole rings is 1. The molecule has 0 unspecified atom stereocenters. The van der Waals surface area contributed by atoms with E-state index < -0.39 is 5.97 Å². The number of nitrogens with one attached hydrogen (secondary N) is 1. The molecule has 3 rings (SSSR count). The number of hydrogen-bond donors (Lipinski definition) is 1. The fraction of sp³-hybridized carbons (Fsp3) is 0.143. The minimum Gasteiger partial charge on any atom is -0.469 e. The van der Waals surface area contributed by atoms with Gasteiger partial charge in [0.05, 0.1) is 23.8 Å². The highest BCUT2D eigenvalue weighted by molar-refractivity contribution is 6.02. The summed E-state index contributed by atoms with van der Waals surface area (Å²) in [5.74, 6) is 1.08. The topological polar surface area (TPSA) is 68.1 Å². The van der Waals surface area contributed by atoms with Crippen LogP contribution < -0.4 is 0 Å². The predicted molar refractivity (Wildman–Crippen MR) is 69.9 cm³/mol. The zero-order chi connectivity index (χ0) is 13.4. The monoisotopic (exact) mass is 256 g/mol. The number of rotatable bonds is 2. The summed E-state index contributed by atoms with van der Waals surface area (Å²) in [5.41, 5.74) is 2.69. The Kier molecular flexibility index (Phi) is 2.59. The van der Waals surface area contributed by atoms with Crippen molar-refractivity contribution in [2.45, 2.75) is 6.92 Å². The highest BCUT2D eigenvalue weighted by atomic mass is 16.5. The number of H-pyrrole nitrogens is 1. The molecule has 0 atom stereocenters. The Morgan fingerprint density at radius 2 is 2.26 bits per heavy atom. The molecular weight excluding hydrogens is 244 g/mol. The average Bonchev–Trinajstić information content (AvgIpc) is 3.02. The maximum atomic E-state index is 11.7. The van der Waals surface area contributed by atoms with Crippen molar-refractivity contribution in [1.82, 2.24) is 9.97 Å². The van der Waals surface area contributed by atoms with Gasteiger partial charge in [0.2, 0.25) is 0 Å². The molecule has 0 aliphatic rings. The minimum absolute atomic E-state index is 0.396. The number of ether oxygens (including phenoxy) is 1. The lowest BCUT2D eigenvalue weighted by atomic mass is 10.2. The van der Waals surface area contributed by atoms with Crippen molar-refractivity contribution in [3.63, 3.8) is 0 Å². The van der Waals surface area contributed by atoms with Gasteiger partial charge in [-0.2, -0.15) is 0 Å². The van der Waals surface area contributed by atoms with Gasteiger partial charge >= 0.3 is 5.97 Å². The summed E-state index contributed by atoms with van der Waals surface area (Å²) in [5, 5.41) is 0. The Bertz CT molecular complexity index is 755. The number of methoxy groups -OCH3 is 1. The van der Waals surface area contributed by atoms with Crippen molar-refractivity contribution in [3.8, 4) is 11.4 Å². The largest absolute Gasteiger partial charge is 0.469 e. The van der Waals surface area contributed by atoms with E-state index in [1.54, 1.807) is 18.4 Å². The SMILES string of the molecule is COC(=O)c1cccc2[nH]c(-c3coc(C)c3)nc12. The van der Waals surface area contributed by atoms with Gasteiger partial charge in [0.1, 0.15) is 23.4 Å². The molecule has 2 heterocycles. The molecule has 3 aromatic rings. The molecule has 0 radical (unpaired) electrons. The number of fused-ring (bicyclic) bond motifs is 1. The normalized spacial score (nSPS) is 10.8. The molecule has 0 amide bonds. The van der Waals surface area contributed by atoms with Gasteiger partial charge in [-0.1, -0.05) is 6.07 Å². The van der Waals surface area contributed by atoms with E-state index in [1.165, 1.54) is 7.11 Å². The number of aromatic amines is 1. The molecule has 5 heteroatoms. The summed E-state index contributed by atoms with van der Waals surface area (Å²) in [6.45, 7) is 1.87. The van der Waals surface area contributed by atoms with Crippen LogP contribution in [0.1, 0.15) is 16.1 Å². The van der Waals surface area contributed by atoms with Crippen LogP contribution in [0.25, 0.3) is 22.4 Å². The van der Waals surface area contributed by atoms with Crippen LogP contribution >= 0.6 is 0 Å². The van der Waals surface area contributed by atoms with E-state index in [9.17, 15) is 4.79 Å². The molecule has 2 aromatic heterocycles. The third-order valence-electron chi connectivity index (χ3n) is 2.92. The van der Waals surface area contributed by atoms with Crippen molar-refractivity contribution in [1.29, 1.82) is 0 Å². The molecule has 0 aliphatic heterocycles. The van der Waals surface area contributed by atoms with Crippen LogP contribution in [-0.4, -0.2) is 23.0 Å². The molecule has 0 spiro atoms. The van der Waals surface area contributed by atoms with Gasteiger partial charge < -0.3 is 14.1 Å². The van der Waals surface area contributed by atoms with Crippen LogP contribution in [0.15, 0.2) is 34.9 Å². The van der Waals surface area contributed by atoms with E-state index in [4.69, 9.17) is 9.15 Å². The van der Waals surface area contributed by atoms with Gasteiger partial charge in [0.15, 0.2) is 0 Å². The van der Waals surface area contributed by atoms with E-state index in [0.717, 1.165) is 16.8 Å². The highest BCUT2D eigenvalue weighted by Crippen LogP contribution is 2.24. The maximum absolute atomic E-state index is 11.7. The third kappa shape index (κ3) is 1.89. The molecule has 1 aromatic carbocycles. The Morgan fingerprint density at radius 3 is 2.95 bits per heavy atom. The van der Waals surface area contributed by atoms with Gasteiger partial charge in [-0.05, 0) is 25.1 Å². The summed E-state index contributed by atoms with van der Waals surface area (Å²) in [6.07, 6.45) is 1.63. The molecule has 0 fully saturated rings. The summed E-state index contributed by atoms with van der Waals surface area (Å²) < 4.78 is 10.0. The second kappa shape index (κ2) is 4.28. The summed E-state index contributed by atoms with van der Waals surface area (Å²) in [7, 11) is 1.36. The minimum atomic E-state index is -0.396.